The summed E-state index contributed by atoms with van der Waals surface area (Å²) in [6.45, 7) is 0. The summed E-state index contributed by atoms with van der Waals surface area (Å²) >= 11 is 8.89. The molecule has 0 fully saturated rings. The minimum atomic E-state index is -0.325. The van der Waals surface area contributed by atoms with E-state index in [9.17, 15) is 4.79 Å². The van der Waals surface area contributed by atoms with E-state index in [2.05, 4.69) is 21.2 Å². The van der Waals surface area contributed by atoms with Crippen molar-refractivity contribution in [1.29, 1.82) is 0 Å². The molecular weight excluding hydrogens is 293 g/mol. The highest BCUT2D eigenvalue weighted by atomic mass is 79.9. The minimum Gasteiger partial charge on any atom is -0.440 e. The lowest BCUT2D eigenvalue weighted by atomic mass is 10.3. The number of rotatable bonds is 2. The molecule has 0 aliphatic heterocycles. The van der Waals surface area contributed by atoms with Crippen LogP contribution in [0.3, 0.4) is 0 Å². The van der Waals surface area contributed by atoms with Gasteiger partial charge in [0.15, 0.2) is 11.0 Å². The van der Waals surface area contributed by atoms with Crippen LogP contribution in [0.1, 0.15) is 10.6 Å². The lowest BCUT2D eigenvalue weighted by molar-refractivity contribution is 0.0997. The zero-order valence-electron chi connectivity index (χ0n) is 8.04. The molecule has 0 saturated carbocycles. The summed E-state index contributed by atoms with van der Waals surface area (Å²) in [4.78, 5) is 11.6. The first-order valence-electron chi connectivity index (χ1n) is 4.47. The second-order valence-corrected chi connectivity index (χ2v) is 4.35. The fourth-order valence-electron chi connectivity index (χ4n) is 1.16. The van der Waals surface area contributed by atoms with E-state index in [0.29, 0.717) is 5.69 Å². The largest absolute Gasteiger partial charge is 0.440 e. The number of nitrogens with one attached hydrogen (secondary N) is 1. The predicted molar refractivity (Wildman–Crippen MR) is 65.8 cm³/mol. The van der Waals surface area contributed by atoms with Gasteiger partial charge in [0, 0.05) is 10.2 Å². The molecule has 0 radical (unpaired) electrons. The maximum absolute atomic E-state index is 11.6. The summed E-state index contributed by atoms with van der Waals surface area (Å²) in [5, 5.41) is 2.88. The van der Waals surface area contributed by atoms with E-state index in [1.165, 1.54) is 12.1 Å². The van der Waals surface area contributed by atoms with Crippen LogP contribution in [0.4, 0.5) is 5.69 Å². The van der Waals surface area contributed by atoms with Gasteiger partial charge in [0.2, 0.25) is 0 Å². The predicted octanol–water partition coefficient (Wildman–Crippen LogP) is 3.95. The van der Waals surface area contributed by atoms with Gasteiger partial charge in [-0.1, -0.05) is 15.9 Å². The van der Waals surface area contributed by atoms with Crippen LogP contribution in [0.25, 0.3) is 0 Å². The molecule has 0 aliphatic rings. The van der Waals surface area contributed by atoms with Gasteiger partial charge >= 0.3 is 0 Å². The number of halogens is 2. The van der Waals surface area contributed by atoms with Crippen molar-refractivity contribution in [3.05, 3.63) is 51.9 Å². The zero-order chi connectivity index (χ0) is 11.5. The normalized spacial score (nSPS) is 10.1. The lowest BCUT2D eigenvalue weighted by Crippen LogP contribution is -2.10. The molecule has 5 heteroatoms. The molecule has 2 rings (SSSR count). The van der Waals surface area contributed by atoms with E-state index in [-0.39, 0.29) is 16.9 Å². The maximum atomic E-state index is 11.6. The van der Waals surface area contributed by atoms with Crippen LogP contribution >= 0.6 is 27.5 Å². The van der Waals surface area contributed by atoms with Gasteiger partial charge in [0.1, 0.15) is 0 Å². The number of anilines is 1. The molecule has 0 aliphatic carbocycles. The van der Waals surface area contributed by atoms with Crippen molar-refractivity contribution in [1.82, 2.24) is 0 Å². The fourth-order valence-corrected chi connectivity index (χ4v) is 1.57. The molecule has 1 N–H and O–H groups in total. The third-order valence-electron chi connectivity index (χ3n) is 1.90. The zero-order valence-corrected chi connectivity index (χ0v) is 10.4. The Balaban J connectivity index is 2.10. The number of hydrogen-bond donors (Lipinski definition) is 1. The maximum Gasteiger partial charge on any atom is 0.291 e. The van der Waals surface area contributed by atoms with E-state index in [1.807, 2.05) is 12.1 Å². The Morgan fingerprint density at radius 1 is 1.19 bits per heavy atom. The molecular formula is C11H7BrClNO2. The summed E-state index contributed by atoms with van der Waals surface area (Å²) in [5.41, 5.74) is 0.695. The molecule has 1 aromatic heterocycles. The third-order valence-corrected chi connectivity index (χ3v) is 2.63. The first kappa shape index (κ1) is 11.2. The Labute approximate surface area is 106 Å². The molecule has 1 heterocycles. The molecule has 0 unspecified atom stereocenters. The average Bonchev–Trinajstić information content (AvgIpc) is 2.68. The van der Waals surface area contributed by atoms with Crippen molar-refractivity contribution in [2.24, 2.45) is 0 Å². The Hall–Kier alpha value is -1.26. The molecule has 0 atom stereocenters. The highest BCUT2D eigenvalue weighted by Crippen LogP contribution is 2.17. The number of carbonyl (C=O) groups excluding carboxylic acids is 1. The van der Waals surface area contributed by atoms with Gasteiger partial charge in [0.05, 0.1) is 0 Å². The first-order chi connectivity index (χ1) is 7.65. The van der Waals surface area contributed by atoms with Crippen molar-refractivity contribution in [3.63, 3.8) is 0 Å². The molecule has 16 heavy (non-hydrogen) atoms. The van der Waals surface area contributed by atoms with Crippen molar-refractivity contribution >= 4 is 39.1 Å². The summed E-state index contributed by atoms with van der Waals surface area (Å²) in [6, 6.07) is 10.3. The second kappa shape index (κ2) is 4.72. The molecule has 82 valence electrons. The smallest absolute Gasteiger partial charge is 0.291 e. The highest BCUT2D eigenvalue weighted by Gasteiger charge is 2.10. The van der Waals surface area contributed by atoms with E-state index in [1.54, 1.807) is 12.1 Å². The van der Waals surface area contributed by atoms with Gasteiger partial charge in [-0.3, -0.25) is 4.79 Å². The van der Waals surface area contributed by atoms with Gasteiger partial charge in [-0.2, -0.15) is 0 Å². The van der Waals surface area contributed by atoms with Crippen LogP contribution in [0.2, 0.25) is 5.22 Å². The first-order valence-corrected chi connectivity index (χ1v) is 5.64. The van der Waals surface area contributed by atoms with E-state index in [0.717, 1.165) is 4.47 Å². The Kier molecular flexibility index (Phi) is 3.31. The number of hydrogen-bond acceptors (Lipinski definition) is 2. The molecule has 1 amide bonds. The van der Waals surface area contributed by atoms with E-state index in [4.69, 9.17) is 16.0 Å². The molecule has 2 aromatic rings. The van der Waals surface area contributed by atoms with Gasteiger partial charge in [0.25, 0.3) is 5.91 Å². The molecule has 0 saturated heterocycles. The summed E-state index contributed by atoms with van der Waals surface area (Å²) < 4.78 is 5.94. The molecule has 1 aromatic carbocycles. The summed E-state index contributed by atoms with van der Waals surface area (Å²) in [5.74, 6) is -0.137. The Morgan fingerprint density at radius 2 is 1.88 bits per heavy atom. The van der Waals surface area contributed by atoms with Crippen molar-refractivity contribution in [2.45, 2.75) is 0 Å². The molecule has 0 bridgehead atoms. The number of carbonyl (C=O) groups is 1. The van der Waals surface area contributed by atoms with E-state index < -0.39 is 0 Å². The number of benzene rings is 1. The summed E-state index contributed by atoms with van der Waals surface area (Å²) in [7, 11) is 0. The lowest BCUT2D eigenvalue weighted by Gasteiger charge is -2.02. The van der Waals surface area contributed by atoms with Crippen molar-refractivity contribution in [3.8, 4) is 0 Å². The number of furan rings is 1. The number of amides is 1. The third kappa shape index (κ3) is 2.65. The van der Waals surface area contributed by atoms with Gasteiger partial charge in [-0.05, 0) is 48.0 Å². The Bertz CT molecular complexity index is 507. The summed E-state index contributed by atoms with van der Waals surface area (Å²) in [6.07, 6.45) is 0. The van der Waals surface area contributed by atoms with Crippen LogP contribution in [-0.2, 0) is 0 Å². The van der Waals surface area contributed by atoms with Crippen LogP contribution < -0.4 is 5.32 Å². The fraction of sp³-hybridized carbons (Fsp3) is 0. The highest BCUT2D eigenvalue weighted by molar-refractivity contribution is 9.10. The van der Waals surface area contributed by atoms with Crippen LogP contribution in [0, 0.1) is 0 Å². The second-order valence-electron chi connectivity index (χ2n) is 3.06. The molecule has 0 spiro atoms. The van der Waals surface area contributed by atoms with Crippen LogP contribution in [-0.4, -0.2) is 5.91 Å². The van der Waals surface area contributed by atoms with Gasteiger partial charge in [-0.15, -0.1) is 0 Å². The van der Waals surface area contributed by atoms with Crippen molar-refractivity contribution in [2.75, 3.05) is 5.32 Å². The van der Waals surface area contributed by atoms with E-state index >= 15 is 0 Å². The van der Waals surface area contributed by atoms with Crippen LogP contribution in [0.15, 0.2) is 45.3 Å². The molecule has 3 nitrogen and oxygen atoms in total. The van der Waals surface area contributed by atoms with Crippen molar-refractivity contribution < 1.29 is 9.21 Å². The topological polar surface area (TPSA) is 42.2 Å². The SMILES string of the molecule is O=C(Nc1ccc(Br)cc1)c1ccc(Cl)o1. The van der Waals surface area contributed by atoms with Crippen LogP contribution in [0.5, 0.6) is 0 Å². The quantitative estimate of drug-likeness (QED) is 0.912. The van der Waals surface area contributed by atoms with Gasteiger partial charge in [-0.25, -0.2) is 0 Å². The standard InChI is InChI=1S/C11H7BrClNO2/c12-7-1-3-8(4-2-7)14-11(15)9-5-6-10(13)16-9/h1-6H,(H,14,15). The Morgan fingerprint density at radius 3 is 2.44 bits per heavy atom. The van der Waals surface area contributed by atoms with Gasteiger partial charge < -0.3 is 9.73 Å². The average molecular weight is 301 g/mol. The monoisotopic (exact) mass is 299 g/mol. The minimum absolute atomic E-state index is 0.188.